The largest absolute Gasteiger partial charge is 0.497 e. The van der Waals surface area contributed by atoms with Crippen molar-refractivity contribution in [3.8, 4) is 23.0 Å². The number of anilines is 1. The number of unbranched alkanes of at least 4 members (excludes halogenated alkanes) is 2. The fourth-order valence-electron chi connectivity index (χ4n) is 8.48. The van der Waals surface area contributed by atoms with Crippen LogP contribution >= 0.6 is 0 Å². The van der Waals surface area contributed by atoms with Crippen molar-refractivity contribution in [1.29, 1.82) is 0 Å². The van der Waals surface area contributed by atoms with E-state index in [0.717, 1.165) is 36.8 Å². The van der Waals surface area contributed by atoms with Gasteiger partial charge in [0.15, 0.2) is 0 Å². The number of aliphatic hydroxyl groups excluding tert-OH is 2. The second kappa shape index (κ2) is 19.8. The third-order valence-corrected chi connectivity index (χ3v) is 11.0. The van der Waals surface area contributed by atoms with E-state index in [-0.39, 0.29) is 56.4 Å². The topological polar surface area (TPSA) is 167 Å². The molecule has 1 saturated carbocycles. The van der Waals surface area contributed by atoms with Crippen LogP contribution in [0.15, 0.2) is 65.9 Å². The van der Waals surface area contributed by atoms with E-state index in [1.807, 2.05) is 26.8 Å². The molecule has 1 aliphatic heterocycles. The van der Waals surface area contributed by atoms with Crippen LogP contribution in [0.25, 0.3) is 0 Å². The van der Waals surface area contributed by atoms with Crippen molar-refractivity contribution >= 4 is 23.6 Å². The number of oxime groups is 1. The minimum absolute atomic E-state index is 0.0163. The Kier molecular flexibility index (Phi) is 15.1. The number of aliphatic hydroxyl groups is 2. The van der Waals surface area contributed by atoms with Gasteiger partial charge in [0.25, 0.3) is 0 Å². The van der Waals surface area contributed by atoms with Gasteiger partial charge < -0.3 is 48.4 Å². The SMILES string of the molecule is C=CCOC12Oc3ccc(OC(=O)Nc4ccc(OC)cc4OC)cc3C3C(CCCCO)C(CCCCO)C=C(C(=NOC(C)(C)C)CC1N(C)C(=O)OCC)C32. The molecule has 3 aliphatic rings. The van der Waals surface area contributed by atoms with Crippen molar-refractivity contribution in [2.75, 3.05) is 53.0 Å². The smallest absolute Gasteiger partial charge is 0.417 e. The molecule has 2 amide bonds. The lowest BCUT2D eigenvalue weighted by Crippen LogP contribution is -2.69. The van der Waals surface area contributed by atoms with Crippen LogP contribution in [0, 0.1) is 17.8 Å². The molecule has 58 heavy (non-hydrogen) atoms. The first-order valence-electron chi connectivity index (χ1n) is 20.2. The Morgan fingerprint density at radius 1 is 1.03 bits per heavy atom. The molecule has 2 aromatic carbocycles. The number of hydrogen-bond acceptors (Lipinski definition) is 12. The molecule has 1 fully saturated rings. The van der Waals surface area contributed by atoms with Gasteiger partial charge in [-0.05, 0) is 101 Å². The number of carbonyl (C=O) groups excluding carboxylic acids is 2. The highest BCUT2D eigenvalue weighted by Gasteiger charge is 2.65. The third-order valence-electron chi connectivity index (χ3n) is 11.0. The second-order valence-electron chi connectivity index (χ2n) is 15.9. The second-order valence-corrected chi connectivity index (χ2v) is 15.9. The van der Waals surface area contributed by atoms with Gasteiger partial charge in [-0.2, -0.15) is 0 Å². The Balaban J connectivity index is 1.70. The summed E-state index contributed by atoms with van der Waals surface area (Å²) in [6, 6.07) is 9.60. The minimum Gasteiger partial charge on any atom is -0.497 e. The fraction of sp³-hybridized carbons (Fsp3) is 0.568. The van der Waals surface area contributed by atoms with E-state index in [4.69, 9.17) is 38.4 Å². The van der Waals surface area contributed by atoms with Crippen LogP contribution in [-0.4, -0.2) is 98.1 Å². The Morgan fingerprint density at radius 2 is 1.76 bits per heavy atom. The molecule has 14 nitrogen and oxygen atoms in total. The monoisotopic (exact) mass is 807 g/mol. The predicted octanol–water partition coefficient (Wildman–Crippen LogP) is 7.84. The summed E-state index contributed by atoms with van der Waals surface area (Å²) in [6.07, 6.45) is 7.25. The number of fused-ring (bicyclic) bond motifs is 2. The first-order valence-corrected chi connectivity index (χ1v) is 20.2. The molecule has 5 rings (SSSR count). The number of likely N-dealkylation sites (N-methyl/N-ethyl adjacent to an activating group) is 1. The number of nitrogens with one attached hydrogen (secondary N) is 1. The summed E-state index contributed by atoms with van der Waals surface area (Å²) in [6.45, 7) is 11.9. The van der Waals surface area contributed by atoms with Gasteiger partial charge in [-0.15, -0.1) is 6.58 Å². The molecular weight excluding hydrogens is 746 g/mol. The van der Waals surface area contributed by atoms with Gasteiger partial charge in [-0.3, -0.25) is 5.32 Å². The van der Waals surface area contributed by atoms with Crippen molar-refractivity contribution in [3.63, 3.8) is 0 Å². The Labute approximate surface area is 342 Å². The number of methoxy groups -OCH3 is 2. The molecule has 0 radical (unpaired) electrons. The Hall–Kier alpha value is -4.79. The van der Waals surface area contributed by atoms with Crippen LogP contribution in [0.1, 0.15) is 84.1 Å². The maximum atomic E-state index is 13.6. The van der Waals surface area contributed by atoms with E-state index in [1.54, 1.807) is 57.5 Å². The van der Waals surface area contributed by atoms with Gasteiger partial charge in [0.1, 0.15) is 34.6 Å². The molecule has 2 aromatic rings. The minimum atomic E-state index is -1.43. The van der Waals surface area contributed by atoms with Crippen molar-refractivity contribution in [2.24, 2.45) is 22.9 Å². The molecular formula is C44H61N3O11. The molecule has 1 heterocycles. The van der Waals surface area contributed by atoms with Crippen LogP contribution in [-0.2, 0) is 14.3 Å². The molecule has 318 valence electrons. The van der Waals surface area contributed by atoms with E-state index in [2.05, 4.69) is 18.0 Å². The molecule has 3 N–H and O–H groups in total. The highest BCUT2D eigenvalue weighted by Crippen LogP contribution is 2.62. The molecule has 0 spiro atoms. The van der Waals surface area contributed by atoms with Crippen molar-refractivity contribution in [3.05, 3.63) is 66.3 Å². The molecule has 0 saturated heterocycles. The lowest BCUT2D eigenvalue weighted by atomic mass is 9.55. The molecule has 0 bridgehead atoms. The number of allylic oxidation sites excluding steroid dienone is 1. The zero-order valence-corrected chi connectivity index (χ0v) is 35.0. The number of ether oxygens (including phenoxy) is 6. The van der Waals surface area contributed by atoms with Crippen LogP contribution in [0.2, 0.25) is 0 Å². The van der Waals surface area contributed by atoms with E-state index < -0.39 is 35.5 Å². The van der Waals surface area contributed by atoms with Crippen molar-refractivity contribution < 1.29 is 53.1 Å². The molecule has 14 heteroatoms. The summed E-state index contributed by atoms with van der Waals surface area (Å²) in [7, 11) is 4.73. The summed E-state index contributed by atoms with van der Waals surface area (Å²) < 4.78 is 36.2. The maximum absolute atomic E-state index is 13.6. The summed E-state index contributed by atoms with van der Waals surface area (Å²) in [5.74, 6) is -0.484. The normalized spacial score (nSPS) is 24.0. The van der Waals surface area contributed by atoms with Gasteiger partial charge in [0.05, 0.1) is 44.8 Å². The number of benzene rings is 2. The average Bonchev–Trinajstić information content (AvgIpc) is 3.20. The molecule has 6 unspecified atom stereocenters. The number of amides is 2. The van der Waals surface area contributed by atoms with Crippen molar-refractivity contribution in [1.82, 2.24) is 4.90 Å². The summed E-state index contributed by atoms with van der Waals surface area (Å²) in [5, 5.41) is 27.3. The number of carbonyl (C=O) groups is 2. The van der Waals surface area contributed by atoms with Crippen LogP contribution in [0.4, 0.5) is 15.3 Å². The van der Waals surface area contributed by atoms with Gasteiger partial charge in [0.2, 0.25) is 5.79 Å². The fourth-order valence-corrected chi connectivity index (χ4v) is 8.48. The van der Waals surface area contributed by atoms with Gasteiger partial charge >= 0.3 is 12.2 Å². The molecule has 2 aliphatic carbocycles. The van der Waals surface area contributed by atoms with E-state index >= 15 is 0 Å². The van der Waals surface area contributed by atoms with Crippen molar-refractivity contribution in [2.45, 2.75) is 96.0 Å². The average molecular weight is 808 g/mol. The van der Waals surface area contributed by atoms with Gasteiger partial charge in [0, 0.05) is 44.2 Å². The standard InChI is InChI=1S/C44H61N3O11/c1-9-23-55-44-38(47(6)42(51)54-10-2)27-35(46-58-43(3,4)5)32-24-28(15-11-13-21-48)31(16-12-14-22-49)39(40(32)44)33-25-30(18-20-36(33)57-44)56-41(50)45-34-19-17-29(52-7)26-37(34)53-8/h9,17-20,24-26,28,31,38-40,48-49H,1,10-16,21-23,27H2,2-8H3,(H,45,50). The molecule has 6 atom stereocenters. The lowest BCUT2D eigenvalue weighted by molar-refractivity contribution is -0.253. The maximum Gasteiger partial charge on any atom is 0.417 e. The Bertz CT molecular complexity index is 1810. The number of hydrogen-bond donors (Lipinski definition) is 3. The summed E-state index contributed by atoms with van der Waals surface area (Å²) in [4.78, 5) is 34.7. The number of rotatable bonds is 18. The highest BCUT2D eigenvalue weighted by atomic mass is 16.7. The van der Waals surface area contributed by atoms with E-state index in [1.165, 1.54) is 12.0 Å². The Morgan fingerprint density at radius 3 is 2.41 bits per heavy atom. The highest BCUT2D eigenvalue weighted by molar-refractivity contribution is 6.03. The van der Waals surface area contributed by atoms with E-state index in [9.17, 15) is 19.8 Å². The molecule has 0 aromatic heterocycles. The van der Waals surface area contributed by atoms with Gasteiger partial charge in [-0.1, -0.05) is 30.1 Å². The number of nitrogens with zero attached hydrogens (tertiary/aromatic N) is 2. The third kappa shape index (κ3) is 9.90. The zero-order chi connectivity index (χ0) is 42.0. The first kappa shape index (κ1) is 44.3. The quantitative estimate of drug-likeness (QED) is 0.0763. The predicted molar refractivity (Wildman–Crippen MR) is 220 cm³/mol. The van der Waals surface area contributed by atoms with Crippen LogP contribution in [0.3, 0.4) is 0 Å². The van der Waals surface area contributed by atoms with Gasteiger partial charge in [-0.25, -0.2) is 9.59 Å². The first-order chi connectivity index (χ1) is 27.8. The summed E-state index contributed by atoms with van der Waals surface area (Å²) in [5.41, 5.74) is 2.15. The van der Waals surface area contributed by atoms with E-state index in [0.29, 0.717) is 41.5 Å². The van der Waals surface area contributed by atoms with Crippen LogP contribution in [0.5, 0.6) is 23.0 Å². The summed E-state index contributed by atoms with van der Waals surface area (Å²) >= 11 is 0. The lowest BCUT2D eigenvalue weighted by Gasteiger charge is -2.59. The zero-order valence-electron chi connectivity index (χ0n) is 35.0. The van der Waals surface area contributed by atoms with Crippen LogP contribution < -0.4 is 24.3 Å².